The van der Waals surface area contributed by atoms with E-state index < -0.39 is 0 Å². The van der Waals surface area contributed by atoms with Crippen LogP contribution in [-0.2, 0) is 0 Å². The summed E-state index contributed by atoms with van der Waals surface area (Å²) >= 11 is 9.83. The fourth-order valence-corrected chi connectivity index (χ4v) is 2.54. The van der Waals surface area contributed by atoms with Crippen LogP contribution in [0, 0.1) is 0 Å². The molecule has 1 nitrogen and oxygen atoms in total. The van der Waals surface area contributed by atoms with Crippen LogP contribution in [0.25, 0.3) is 0 Å². The van der Waals surface area contributed by atoms with E-state index in [2.05, 4.69) is 22.9 Å². The molecular formula is C12H16BrClO. The Balaban J connectivity index is 2.76. The molecule has 0 fully saturated rings. The van der Waals surface area contributed by atoms with E-state index in [1.165, 1.54) is 6.42 Å². The van der Waals surface area contributed by atoms with Crippen molar-refractivity contribution in [1.82, 2.24) is 0 Å². The largest absolute Gasteiger partial charge is 0.497 e. The van der Waals surface area contributed by atoms with Gasteiger partial charge in [-0.3, -0.25) is 0 Å². The number of ether oxygens (including phenoxy) is 1. The van der Waals surface area contributed by atoms with Crippen molar-refractivity contribution in [2.75, 3.05) is 7.11 Å². The minimum absolute atomic E-state index is 0.0882. The van der Waals surface area contributed by atoms with Crippen LogP contribution in [0.4, 0.5) is 0 Å². The van der Waals surface area contributed by atoms with E-state index in [1.54, 1.807) is 7.11 Å². The van der Waals surface area contributed by atoms with Gasteiger partial charge in [-0.05, 0) is 24.1 Å². The molecule has 0 aliphatic heterocycles. The molecule has 0 saturated heterocycles. The van der Waals surface area contributed by atoms with Crippen LogP contribution in [0.5, 0.6) is 5.75 Å². The molecule has 1 atom stereocenters. The van der Waals surface area contributed by atoms with Crippen LogP contribution >= 0.6 is 27.5 Å². The van der Waals surface area contributed by atoms with Gasteiger partial charge < -0.3 is 4.74 Å². The fourth-order valence-electron chi connectivity index (χ4n) is 1.43. The lowest BCUT2D eigenvalue weighted by Gasteiger charge is -2.12. The van der Waals surface area contributed by atoms with E-state index in [1.807, 2.05) is 18.2 Å². The van der Waals surface area contributed by atoms with E-state index in [0.29, 0.717) is 0 Å². The van der Waals surface area contributed by atoms with Gasteiger partial charge in [0, 0.05) is 4.47 Å². The molecule has 0 amide bonds. The number of hydrogen-bond donors (Lipinski definition) is 0. The van der Waals surface area contributed by atoms with Gasteiger partial charge in [-0.2, -0.15) is 0 Å². The summed E-state index contributed by atoms with van der Waals surface area (Å²) in [7, 11) is 1.66. The van der Waals surface area contributed by atoms with Crippen molar-refractivity contribution < 1.29 is 4.74 Å². The van der Waals surface area contributed by atoms with Gasteiger partial charge in [0.05, 0.1) is 12.5 Å². The fraction of sp³-hybridized carbons (Fsp3) is 0.500. The van der Waals surface area contributed by atoms with E-state index in [4.69, 9.17) is 16.3 Å². The molecule has 0 aromatic heterocycles. The van der Waals surface area contributed by atoms with Gasteiger partial charge in [0.15, 0.2) is 0 Å². The average Bonchev–Trinajstić information content (AvgIpc) is 2.25. The van der Waals surface area contributed by atoms with Crippen molar-refractivity contribution in [3.05, 3.63) is 28.2 Å². The average molecular weight is 292 g/mol. The van der Waals surface area contributed by atoms with Gasteiger partial charge in [0.25, 0.3) is 0 Å². The Bertz CT molecular complexity index is 314. The molecule has 84 valence electrons. The standard InChI is InChI=1S/C12H16BrClO/c1-3-4-5-12(14)10-7-6-9(15-2)8-11(10)13/h6-8,12H,3-5H2,1-2H3. The highest BCUT2D eigenvalue weighted by Crippen LogP contribution is 2.34. The number of alkyl halides is 1. The highest BCUT2D eigenvalue weighted by atomic mass is 79.9. The summed E-state index contributed by atoms with van der Waals surface area (Å²) in [5.41, 5.74) is 1.14. The first kappa shape index (κ1) is 12.9. The lowest BCUT2D eigenvalue weighted by molar-refractivity contribution is 0.414. The van der Waals surface area contributed by atoms with Crippen LogP contribution in [-0.4, -0.2) is 7.11 Å². The Kier molecular flexibility index (Phi) is 5.48. The zero-order valence-electron chi connectivity index (χ0n) is 9.09. The van der Waals surface area contributed by atoms with Gasteiger partial charge in [-0.15, -0.1) is 11.6 Å². The third-order valence-corrected chi connectivity index (χ3v) is 3.50. The molecule has 0 bridgehead atoms. The summed E-state index contributed by atoms with van der Waals surface area (Å²) in [6, 6.07) is 5.92. The second kappa shape index (κ2) is 6.39. The molecule has 15 heavy (non-hydrogen) atoms. The number of rotatable bonds is 5. The molecule has 0 heterocycles. The Morgan fingerprint density at radius 1 is 1.47 bits per heavy atom. The van der Waals surface area contributed by atoms with Crippen molar-refractivity contribution in [2.45, 2.75) is 31.6 Å². The molecule has 0 radical (unpaired) electrons. The lowest BCUT2D eigenvalue weighted by Crippen LogP contribution is -1.93. The Hall–Kier alpha value is -0.210. The van der Waals surface area contributed by atoms with Crippen LogP contribution in [0.15, 0.2) is 22.7 Å². The molecule has 0 saturated carbocycles. The molecule has 0 N–H and O–H groups in total. The first-order valence-corrected chi connectivity index (χ1v) is 6.39. The predicted molar refractivity (Wildman–Crippen MR) is 68.8 cm³/mol. The molecule has 1 rings (SSSR count). The van der Waals surface area contributed by atoms with Gasteiger partial charge in [0.1, 0.15) is 5.75 Å². The minimum atomic E-state index is 0.0882. The molecule has 0 aliphatic carbocycles. The predicted octanol–water partition coefficient (Wildman–Crippen LogP) is 4.93. The molecule has 0 spiro atoms. The second-order valence-corrected chi connectivity index (χ2v) is 4.88. The van der Waals surface area contributed by atoms with Crippen molar-refractivity contribution in [3.8, 4) is 5.75 Å². The third-order valence-electron chi connectivity index (χ3n) is 2.36. The van der Waals surface area contributed by atoms with Crippen LogP contribution in [0.2, 0.25) is 0 Å². The number of methoxy groups -OCH3 is 1. The number of halogens is 2. The highest BCUT2D eigenvalue weighted by molar-refractivity contribution is 9.10. The normalized spacial score (nSPS) is 12.5. The van der Waals surface area contributed by atoms with Gasteiger partial charge >= 0.3 is 0 Å². The zero-order chi connectivity index (χ0) is 11.3. The molecule has 1 aromatic rings. The van der Waals surface area contributed by atoms with Gasteiger partial charge in [0.2, 0.25) is 0 Å². The minimum Gasteiger partial charge on any atom is -0.497 e. The van der Waals surface area contributed by atoms with E-state index >= 15 is 0 Å². The molecule has 1 aromatic carbocycles. The molecular weight excluding hydrogens is 275 g/mol. The molecule has 3 heteroatoms. The second-order valence-electron chi connectivity index (χ2n) is 3.50. The van der Waals surface area contributed by atoms with Crippen LogP contribution < -0.4 is 4.74 Å². The summed E-state index contributed by atoms with van der Waals surface area (Å²) in [5.74, 6) is 0.852. The number of unbranched alkanes of at least 4 members (excludes halogenated alkanes) is 1. The van der Waals surface area contributed by atoms with E-state index in [9.17, 15) is 0 Å². The summed E-state index contributed by atoms with van der Waals surface area (Å²) in [4.78, 5) is 0. The monoisotopic (exact) mass is 290 g/mol. The van der Waals surface area contributed by atoms with Crippen LogP contribution in [0.3, 0.4) is 0 Å². The summed E-state index contributed by atoms with van der Waals surface area (Å²) < 4.78 is 6.16. The maximum absolute atomic E-state index is 6.31. The summed E-state index contributed by atoms with van der Waals surface area (Å²) in [6.45, 7) is 2.17. The number of benzene rings is 1. The number of hydrogen-bond acceptors (Lipinski definition) is 1. The van der Waals surface area contributed by atoms with Crippen molar-refractivity contribution >= 4 is 27.5 Å². The maximum Gasteiger partial charge on any atom is 0.120 e. The Morgan fingerprint density at radius 2 is 2.20 bits per heavy atom. The van der Waals surface area contributed by atoms with Crippen molar-refractivity contribution in [2.24, 2.45) is 0 Å². The highest BCUT2D eigenvalue weighted by Gasteiger charge is 2.11. The quantitative estimate of drug-likeness (QED) is 0.699. The Labute approximate surface area is 105 Å². The first-order valence-electron chi connectivity index (χ1n) is 5.16. The molecule has 1 unspecified atom stereocenters. The summed E-state index contributed by atoms with van der Waals surface area (Å²) in [5, 5.41) is 0.0882. The zero-order valence-corrected chi connectivity index (χ0v) is 11.4. The van der Waals surface area contributed by atoms with Crippen LogP contribution in [0.1, 0.15) is 37.1 Å². The lowest BCUT2D eigenvalue weighted by atomic mass is 10.1. The van der Waals surface area contributed by atoms with E-state index in [0.717, 1.165) is 28.6 Å². The van der Waals surface area contributed by atoms with Gasteiger partial charge in [-0.1, -0.05) is 41.8 Å². The first-order chi connectivity index (χ1) is 7.19. The topological polar surface area (TPSA) is 9.23 Å². The Morgan fingerprint density at radius 3 is 2.73 bits per heavy atom. The smallest absolute Gasteiger partial charge is 0.120 e. The maximum atomic E-state index is 6.31. The van der Waals surface area contributed by atoms with Gasteiger partial charge in [-0.25, -0.2) is 0 Å². The summed E-state index contributed by atoms with van der Waals surface area (Å²) in [6.07, 6.45) is 3.35. The third kappa shape index (κ3) is 3.69. The SMILES string of the molecule is CCCCC(Cl)c1ccc(OC)cc1Br. The van der Waals surface area contributed by atoms with Crippen molar-refractivity contribution in [1.29, 1.82) is 0 Å². The van der Waals surface area contributed by atoms with E-state index in [-0.39, 0.29) is 5.38 Å². The van der Waals surface area contributed by atoms with Crippen molar-refractivity contribution in [3.63, 3.8) is 0 Å². The molecule has 0 aliphatic rings.